The summed E-state index contributed by atoms with van der Waals surface area (Å²) in [7, 11) is 1.35. The summed E-state index contributed by atoms with van der Waals surface area (Å²) in [6.45, 7) is 4.00. The fourth-order valence-corrected chi connectivity index (χ4v) is 2.29. The molecule has 120 valence electrons. The van der Waals surface area contributed by atoms with E-state index in [1.165, 1.54) is 7.11 Å². The van der Waals surface area contributed by atoms with E-state index in [0.717, 1.165) is 15.8 Å². The number of benzene rings is 1. The Kier molecular flexibility index (Phi) is 5.70. The summed E-state index contributed by atoms with van der Waals surface area (Å²) in [5.74, 6) is 0.115. The lowest BCUT2D eigenvalue weighted by Gasteiger charge is -2.03. The topological polar surface area (TPSA) is 68.5 Å². The van der Waals surface area contributed by atoms with Gasteiger partial charge in [0.25, 0.3) is 0 Å². The molecule has 0 spiro atoms. The zero-order valence-electron chi connectivity index (χ0n) is 13.1. The summed E-state index contributed by atoms with van der Waals surface area (Å²) < 4.78 is 7.20. The number of nitrogens with one attached hydrogen (secondary N) is 1. The molecule has 0 unspecified atom stereocenters. The van der Waals surface area contributed by atoms with Crippen molar-refractivity contribution in [1.29, 1.82) is 0 Å². The number of halogens is 1. The molecule has 0 fully saturated rings. The second kappa shape index (κ2) is 7.73. The average Bonchev–Trinajstić information content (AvgIpc) is 3.00. The van der Waals surface area contributed by atoms with Crippen LogP contribution in [-0.2, 0) is 4.74 Å². The molecule has 0 atom stereocenters. The smallest absolute Gasteiger partial charge is 0.337 e. The molecule has 0 aliphatic rings. The Hall–Kier alpha value is -2.41. The van der Waals surface area contributed by atoms with Crippen LogP contribution in [0, 0.1) is 0 Å². The van der Waals surface area contributed by atoms with Crippen LogP contribution in [0.1, 0.15) is 24.2 Å². The first kappa shape index (κ1) is 17.0. The van der Waals surface area contributed by atoms with Gasteiger partial charge in [-0.15, -0.1) is 5.10 Å². The summed E-state index contributed by atoms with van der Waals surface area (Å²) in [5, 5.41) is 7.40. The summed E-state index contributed by atoms with van der Waals surface area (Å²) >= 11 is 3.43. The number of pyridine rings is 1. The van der Waals surface area contributed by atoms with Gasteiger partial charge in [0.15, 0.2) is 5.65 Å². The van der Waals surface area contributed by atoms with Crippen LogP contribution in [0.4, 0.5) is 11.6 Å². The van der Waals surface area contributed by atoms with Gasteiger partial charge < -0.3 is 10.1 Å². The first-order valence-corrected chi connectivity index (χ1v) is 7.93. The zero-order chi connectivity index (χ0) is 16.8. The number of hydrogen-bond acceptors (Lipinski definition) is 5. The molecule has 7 heteroatoms. The molecular weight excluding hydrogens is 360 g/mol. The average molecular weight is 377 g/mol. The summed E-state index contributed by atoms with van der Waals surface area (Å²) in [6, 6.07) is 10.7. The van der Waals surface area contributed by atoms with Gasteiger partial charge in [0.2, 0.25) is 5.95 Å². The number of aromatic nitrogens is 3. The molecule has 2 heterocycles. The van der Waals surface area contributed by atoms with E-state index in [0.29, 0.717) is 11.5 Å². The maximum Gasteiger partial charge on any atom is 0.337 e. The Bertz CT molecular complexity index is 799. The third-order valence-electron chi connectivity index (χ3n) is 2.88. The van der Waals surface area contributed by atoms with E-state index < -0.39 is 0 Å². The molecule has 2 aromatic heterocycles. The second-order valence-corrected chi connectivity index (χ2v) is 5.11. The van der Waals surface area contributed by atoms with E-state index in [1.54, 1.807) is 28.8 Å². The Morgan fingerprint density at radius 3 is 2.52 bits per heavy atom. The molecule has 0 aliphatic heterocycles. The number of methoxy groups -OCH3 is 1. The van der Waals surface area contributed by atoms with E-state index in [2.05, 4.69) is 36.1 Å². The monoisotopic (exact) mass is 376 g/mol. The second-order valence-electron chi connectivity index (χ2n) is 4.25. The van der Waals surface area contributed by atoms with Crippen molar-refractivity contribution in [2.75, 3.05) is 12.4 Å². The molecule has 3 aromatic rings. The van der Waals surface area contributed by atoms with Crippen molar-refractivity contribution in [2.24, 2.45) is 0 Å². The van der Waals surface area contributed by atoms with E-state index in [9.17, 15) is 4.79 Å². The zero-order valence-corrected chi connectivity index (χ0v) is 14.7. The van der Waals surface area contributed by atoms with Crippen LogP contribution in [0.15, 0.2) is 47.1 Å². The standard InChI is InChI=1S/C14H11BrN4O2.C2H6/c1-21-13(20)9-4-6-10(7-5-9)16-14-17-12-11(15)3-2-8-19(12)18-14;1-2/h2-8H,1H3,(H,16,18);1-2H3. The number of esters is 1. The molecule has 0 saturated heterocycles. The largest absolute Gasteiger partial charge is 0.465 e. The molecule has 0 saturated carbocycles. The van der Waals surface area contributed by atoms with Crippen LogP contribution in [0.25, 0.3) is 5.65 Å². The lowest BCUT2D eigenvalue weighted by atomic mass is 10.2. The van der Waals surface area contributed by atoms with Gasteiger partial charge >= 0.3 is 5.97 Å². The van der Waals surface area contributed by atoms with Crippen molar-refractivity contribution in [3.05, 3.63) is 52.6 Å². The Morgan fingerprint density at radius 1 is 1.22 bits per heavy atom. The van der Waals surface area contributed by atoms with Gasteiger partial charge in [-0.3, -0.25) is 0 Å². The molecular formula is C16H17BrN4O2. The fraction of sp³-hybridized carbons (Fsp3) is 0.188. The van der Waals surface area contributed by atoms with Gasteiger partial charge in [0, 0.05) is 11.9 Å². The Labute approximate surface area is 142 Å². The predicted molar refractivity (Wildman–Crippen MR) is 93.1 cm³/mol. The van der Waals surface area contributed by atoms with E-state index >= 15 is 0 Å². The van der Waals surface area contributed by atoms with Gasteiger partial charge in [-0.05, 0) is 52.3 Å². The minimum Gasteiger partial charge on any atom is -0.465 e. The Morgan fingerprint density at radius 2 is 1.91 bits per heavy atom. The van der Waals surface area contributed by atoms with Gasteiger partial charge in [0.1, 0.15) is 0 Å². The lowest BCUT2D eigenvalue weighted by Crippen LogP contribution is -2.01. The first-order chi connectivity index (χ1) is 11.2. The number of rotatable bonds is 3. The van der Waals surface area contributed by atoms with Crippen molar-refractivity contribution in [1.82, 2.24) is 14.6 Å². The van der Waals surface area contributed by atoms with E-state index in [4.69, 9.17) is 0 Å². The highest BCUT2D eigenvalue weighted by atomic mass is 79.9. The molecule has 0 radical (unpaired) electrons. The van der Waals surface area contributed by atoms with Gasteiger partial charge in [-0.2, -0.15) is 4.98 Å². The van der Waals surface area contributed by atoms with Crippen molar-refractivity contribution in [3.63, 3.8) is 0 Å². The van der Waals surface area contributed by atoms with Crippen molar-refractivity contribution in [3.8, 4) is 0 Å². The van der Waals surface area contributed by atoms with Crippen molar-refractivity contribution >= 4 is 39.2 Å². The van der Waals surface area contributed by atoms with Crippen LogP contribution in [0.5, 0.6) is 0 Å². The summed E-state index contributed by atoms with van der Waals surface area (Å²) in [6.07, 6.45) is 1.82. The fourth-order valence-electron chi connectivity index (χ4n) is 1.86. The highest BCUT2D eigenvalue weighted by Gasteiger charge is 2.08. The molecule has 23 heavy (non-hydrogen) atoms. The molecule has 0 amide bonds. The predicted octanol–water partition coefficient (Wildman–Crippen LogP) is 4.05. The number of carbonyl (C=O) groups is 1. The lowest BCUT2D eigenvalue weighted by molar-refractivity contribution is 0.0601. The number of carbonyl (C=O) groups excluding carboxylic acids is 1. The third kappa shape index (κ3) is 3.87. The maximum atomic E-state index is 11.4. The van der Waals surface area contributed by atoms with Gasteiger partial charge in [0.05, 0.1) is 17.1 Å². The first-order valence-electron chi connectivity index (χ1n) is 7.13. The minimum atomic E-state index is -0.365. The number of ether oxygens (including phenoxy) is 1. The highest BCUT2D eigenvalue weighted by molar-refractivity contribution is 9.10. The minimum absolute atomic E-state index is 0.365. The highest BCUT2D eigenvalue weighted by Crippen LogP contribution is 2.19. The third-order valence-corrected chi connectivity index (χ3v) is 3.50. The van der Waals surface area contributed by atoms with Crippen LogP contribution in [-0.4, -0.2) is 27.7 Å². The normalized spacial score (nSPS) is 9.91. The molecule has 6 nitrogen and oxygen atoms in total. The van der Waals surface area contributed by atoms with Crippen LogP contribution >= 0.6 is 15.9 Å². The molecule has 3 rings (SSSR count). The van der Waals surface area contributed by atoms with Crippen molar-refractivity contribution < 1.29 is 9.53 Å². The SMILES string of the molecule is CC.COC(=O)c1ccc(Nc2nc3c(Br)cccn3n2)cc1. The maximum absolute atomic E-state index is 11.4. The molecule has 1 aromatic carbocycles. The molecule has 0 bridgehead atoms. The Balaban J connectivity index is 0.000000924. The molecule has 1 N–H and O–H groups in total. The molecule has 0 aliphatic carbocycles. The van der Waals surface area contributed by atoms with Crippen LogP contribution in [0.2, 0.25) is 0 Å². The van der Waals surface area contributed by atoms with Crippen molar-refractivity contribution in [2.45, 2.75) is 13.8 Å². The number of hydrogen-bond donors (Lipinski definition) is 1. The van der Waals surface area contributed by atoms with E-state index in [1.807, 2.05) is 32.2 Å². The van der Waals surface area contributed by atoms with Crippen LogP contribution in [0.3, 0.4) is 0 Å². The number of nitrogens with zero attached hydrogens (tertiary/aromatic N) is 3. The number of anilines is 2. The number of fused-ring (bicyclic) bond motifs is 1. The van der Waals surface area contributed by atoms with Gasteiger partial charge in [-0.1, -0.05) is 13.8 Å². The van der Waals surface area contributed by atoms with Crippen LogP contribution < -0.4 is 5.32 Å². The quantitative estimate of drug-likeness (QED) is 0.698. The summed E-state index contributed by atoms with van der Waals surface area (Å²) in [4.78, 5) is 15.7. The van der Waals surface area contributed by atoms with Gasteiger partial charge in [-0.25, -0.2) is 9.31 Å². The summed E-state index contributed by atoms with van der Waals surface area (Å²) in [5.41, 5.74) is 2.01. The van der Waals surface area contributed by atoms with E-state index in [-0.39, 0.29) is 5.97 Å².